The molecule has 1 aromatic carbocycles. The number of carbonyl (C=O) groups excluding carboxylic acids is 2. The van der Waals surface area contributed by atoms with Gasteiger partial charge in [-0.2, -0.15) is 0 Å². The van der Waals surface area contributed by atoms with Crippen molar-refractivity contribution < 1.29 is 18.4 Å². The molecule has 8 heteroatoms. The summed E-state index contributed by atoms with van der Waals surface area (Å²) in [5.74, 6) is -1.47. The molecule has 0 spiro atoms. The number of nitrogens with zero attached hydrogens (tertiary/aromatic N) is 3. The molecule has 2 aliphatic rings. The molecular weight excluding hydrogens is 366 g/mol. The monoisotopic (exact) mass is 394 g/mol. The zero-order valence-electron chi connectivity index (χ0n) is 16.3. The van der Waals surface area contributed by atoms with Gasteiger partial charge in [0.15, 0.2) is 11.6 Å². The topological polar surface area (TPSA) is 55.9 Å². The van der Waals surface area contributed by atoms with Gasteiger partial charge in [-0.15, -0.1) is 0 Å². The first kappa shape index (κ1) is 20.5. The second-order valence-corrected chi connectivity index (χ2v) is 7.60. The van der Waals surface area contributed by atoms with Crippen molar-refractivity contribution in [2.24, 2.45) is 0 Å². The van der Waals surface area contributed by atoms with Crippen LogP contribution < -0.4 is 5.32 Å². The van der Waals surface area contributed by atoms with Gasteiger partial charge < -0.3 is 20.0 Å². The Bertz CT molecular complexity index is 699. The minimum atomic E-state index is -0.841. The summed E-state index contributed by atoms with van der Waals surface area (Å²) < 4.78 is 26.5. The molecule has 0 aliphatic carbocycles. The van der Waals surface area contributed by atoms with Crippen LogP contribution in [0.25, 0.3) is 0 Å². The van der Waals surface area contributed by atoms with Crippen molar-refractivity contribution in [2.75, 3.05) is 52.9 Å². The van der Waals surface area contributed by atoms with E-state index >= 15 is 0 Å². The van der Waals surface area contributed by atoms with E-state index in [9.17, 15) is 18.4 Å². The highest BCUT2D eigenvalue weighted by Gasteiger charge is 2.25. The van der Waals surface area contributed by atoms with Gasteiger partial charge in [-0.1, -0.05) is 6.07 Å². The first-order valence-electron chi connectivity index (χ1n) is 9.88. The molecular formula is C20H28F2N4O2. The number of likely N-dealkylation sites (tertiary alicyclic amines) is 1. The molecule has 6 nitrogen and oxygen atoms in total. The lowest BCUT2D eigenvalue weighted by atomic mass is 9.89. The first-order chi connectivity index (χ1) is 13.4. The number of amides is 3. The molecule has 1 aromatic rings. The predicted molar refractivity (Wildman–Crippen MR) is 102 cm³/mol. The lowest BCUT2D eigenvalue weighted by Crippen LogP contribution is -2.48. The second kappa shape index (κ2) is 9.32. The second-order valence-electron chi connectivity index (χ2n) is 7.60. The van der Waals surface area contributed by atoms with E-state index in [2.05, 4.69) is 10.2 Å². The Balaban J connectivity index is 1.38. The zero-order chi connectivity index (χ0) is 20.1. The Morgan fingerprint density at radius 3 is 2.32 bits per heavy atom. The molecule has 2 heterocycles. The molecule has 0 atom stereocenters. The number of halogens is 2. The van der Waals surface area contributed by atoms with Crippen LogP contribution in [0.2, 0.25) is 0 Å². The van der Waals surface area contributed by atoms with Gasteiger partial charge in [0, 0.05) is 52.2 Å². The van der Waals surface area contributed by atoms with E-state index in [0.29, 0.717) is 38.9 Å². The van der Waals surface area contributed by atoms with Crippen molar-refractivity contribution in [1.82, 2.24) is 20.0 Å². The van der Waals surface area contributed by atoms with Crippen molar-refractivity contribution in [3.63, 3.8) is 0 Å². The molecule has 3 amide bonds. The van der Waals surface area contributed by atoms with Crippen LogP contribution in [0.4, 0.5) is 13.6 Å². The number of carbonyl (C=O) groups is 2. The maximum Gasteiger partial charge on any atom is 0.317 e. The largest absolute Gasteiger partial charge is 0.340 e. The molecule has 154 valence electrons. The summed E-state index contributed by atoms with van der Waals surface area (Å²) in [7, 11) is 2.04. The zero-order valence-corrected chi connectivity index (χ0v) is 16.3. The summed E-state index contributed by atoms with van der Waals surface area (Å²) in [6, 6.07) is 3.85. The van der Waals surface area contributed by atoms with Gasteiger partial charge in [0.2, 0.25) is 5.91 Å². The number of piperidine rings is 1. The highest BCUT2D eigenvalue weighted by Crippen LogP contribution is 2.28. The average Bonchev–Trinajstić information content (AvgIpc) is 2.70. The lowest BCUT2D eigenvalue weighted by Gasteiger charge is -2.33. The maximum absolute atomic E-state index is 13.4. The van der Waals surface area contributed by atoms with E-state index in [0.717, 1.165) is 37.8 Å². The van der Waals surface area contributed by atoms with Crippen molar-refractivity contribution in [1.29, 1.82) is 0 Å². The summed E-state index contributed by atoms with van der Waals surface area (Å²) in [5.41, 5.74) is 0.775. The van der Waals surface area contributed by atoms with Crippen molar-refractivity contribution in [3.8, 4) is 0 Å². The maximum atomic E-state index is 13.4. The summed E-state index contributed by atoms with van der Waals surface area (Å²) in [6.07, 6.45) is 1.72. The Labute approximate surface area is 164 Å². The fourth-order valence-corrected chi connectivity index (χ4v) is 3.78. The minimum absolute atomic E-state index is 0.0745. The number of likely N-dealkylation sites (N-methyl/N-ethyl adjacent to an activating group) is 1. The van der Waals surface area contributed by atoms with Crippen LogP contribution in [0.15, 0.2) is 18.2 Å². The predicted octanol–water partition coefficient (Wildman–Crippen LogP) is 2.02. The number of urea groups is 1. The normalized spacial score (nSPS) is 19.0. The minimum Gasteiger partial charge on any atom is -0.340 e. The van der Waals surface area contributed by atoms with Crippen molar-refractivity contribution in [3.05, 3.63) is 35.4 Å². The van der Waals surface area contributed by atoms with E-state index < -0.39 is 11.6 Å². The van der Waals surface area contributed by atoms with E-state index in [1.165, 1.54) is 6.07 Å². The molecule has 3 rings (SSSR count). The molecule has 2 saturated heterocycles. The van der Waals surface area contributed by atoms with Gasteiger partial charge >= 0.3 is 6.03 Å². The van der Waals surface area contributed by atoms with Crippen molar-refractivity contribution >= 4 is 11.9 Å². The van der Waals surface area contributed by atoms with Crippen LogP contribution in [-0.4, -0.2) is 79.5 Å². The molecule has 0 radical (unpaired) electrons. The molecule has 2 aliphatic heterocycles. The van der Waals surface area contributed by atoms with Crippen LogP contribution in [0.3, 0.4) is 0 Å². The molecule has 2 fully saturated rings. The lowest BCUT2D eigenvalue weighted by molar-refractivity contribution is -0.132. The van der Waals surface area contributed by atoms with E-state index in [1.54, 1.807) is 11.0 Å². The summed E-state index contributed by atoms with van der Waals surface area (Å²) in [6.45, 7) is 4.68. The third-order valence-electron chi connectivity index (χ3n) is 5.67. The van der Waals surface area contributed by atoms with Gasteiger partial charge in [0.25, 0.3) is 0 Å². The standard InChI is InChI=1S/C20H28F2N4O2/c1-24-10-12-25(13-11-24)19(27)4-7-23-20(28)26-8-5-15(6-9-26)16-2-3-17(21)18(22)14-16/h2-3,14-15H,4-13H2,1H3,(H,23,28). The molecule has 1 N–H and O–H groups in total. The Kier molecular flexibility index (Phi) is 6.83. The summed E-state index contributed by atoms with van der Waals surface area (Å²) in [5, 5.41) is 2.82. The van der Waals surface area contributed by atoms with Gasteiger partial charge in [0.1, 0.15) is 0 Å². The van der Waals surface area contributed by atoms with E-state index in [-0.39, 0.29) is 17.9 Å². The third kappa shape index (κ3) is 5.19. The summed E-state index contributed by atoms with van der Waals surface area (Å²) in [4.78, 5) is 30.3. The molecule has 0 saturated carbocycles. The van der Waals surface area contributed by atoms with Crippen LogP contribution in [0.1, 0.15) is 30.7 Å². The molecule has 0 bridgehead atoms. The number of hydrogen-bond donors (Lipinski definition) is 1. The Morgan fingerprint density at radius 1 is 1.00 bits per heavy atom. The van der Waals surface area contributed by atoms with Crippen LogP contribution in [-0.2, 0) is 4.79 Å². The number of benzene rings is 1. The number of hydrogen-bond acceptors (Lipinski definition) is 3. The number of piperazine rings is 1. The first-order valence-corrected chi connectivity index (χ1v) is 9.88. The van der Waals surface area contributed by atoms with Crippen LogP contribution in [0.5, 0.6) is 0 Å². The number of nitrogens with one attached hydrogen (secondary N) is 1. The highest BCUT2D eigenvalue weighted by molar-refractivity contribution is 5.78. The molecule has 0 unspecified atom stereocenters. The number of rotatable bonds is 4. The van der Waals surface area contributed by atoms with Gasteiger partial charge in [-0.05, 0) is 43.5 Å². The summed E-state index contributed by atoms with van der Waals surface area (Å²) >= 11 is 0. The Morgan fingerprint density at radius 2 is 1.68 bits per heavy atom. The fourth-order valence-electron chi connectivity index (χ4n) is 3.78. The van der Waals surface area contributed by atoms with Crippen molar-refractivity contribution in [2.45, 2.75) is 25.2 Å². The highest BCUT2D eigenvalue weighted by atomic mass is 19.2. The third-order valence-corrected chi connectivity index (χ3v) is 5.67. The van der Waals surface area contributed by atoms with Crippen LogP contribution >= 0.6 is 0 Å². The molecule has 28 heavy (non-hydrogen) atoms. The van der Waals surface area contributed by atoms with Crippen LogP contribution in [0, 0.1) is 11.6 Å². The van der Waals surface area contributed by atoms with Gasteiger partial charge in [0.05, 0.1) is 0 Å². The average molecular weight is 394 g/mol. The van der Waals surface area contributed by atoms with Gasteiger partial charge in [-0.25, -0.2) is 13.6 Å². The van der Waals surface area contributed by atoms with E-state index in [4.69, 9.17) is 0 Å². The quantitative estimate of drug-likeness (QED) is 0.850. The molecule has 0 aromatic heterocycles. The van der Waals surface area contributed by atoms with E-state index in [1.807, 2.05) is 11.9 Å². The van der Waals surface area contributed by atoms with Gasteiger partial charge in [-0.3, -0.25) is 4.79 Å². The Hall–Kier alpha value is -2.22. The fraction of sp³-hybridized carbons (Fsp3) is 0.600. The smallest absolute Gasteiger partial charge is 0.317 e. The SMILES string of the molecule is CN1CCN(C(=O)CCNC(=O)N2CCC(c3ccc(F)c(F)c3)CC2)CC1.